The molecule has 22 heavy (non-hydrogen) atoms. The van der Waals surface area contributed by atoms with Crippen molar-refractivity contribution in [2.24, 2.45) is 0 Å². The number of urea groups is 1. The van der Waals surface area contributed by atoms with Gasteiger partial charge in [-0.05, 0) is 25.3 Å². The number of aliphatic hydroxyl groups excluding tert-OH is 1. The Morgan fingerprint density at radius 1 is 1.32 bits per heavy atom. The van der Waals surface area contributed by atoms with E-state index in [-0.39, 0.29) is 18.7 Å². The van der Waals surface area contributed by atoms with Crippen LogP contribution in [0.1, 0.15) is 25.3 Å². The van der Waals surface area contributed by atoms with Gasteiger partial charge >= 0.3 is 6.03 Å². The molecule has 0 bridgehead atoms. The molecule has 118 valence electrons. The van der Waals surface area contributed by atoms with Gasteiger partial charge in [0.2, 0.25) is 0 Å². The van der Waals surface area contributed by atoms with E-state index in [1.807, 2.05) is 43.5 Å². The number of carbonyl (C=O) groups excluding carboxylic acids is 1. The van der Waals surface area contributed by atoms with Crippen LogP contribution in [-0.2, 0) is 6.54 Å². The van der Waals surface area contributed by atoms with E-state index in [2.05, 4.69) is 15.7 Å². The number of aliphatic hydroxyl groups is 1. The fraction of sp³-hybridized carbons (Fsp3) is 0.375. The number of hydrogen-bond donors (Lipinski definition) is 3. The number of anilines is 1. The van der Waals surface area contributed by atoms with Crippen molar-refractivity contribution in [3.8, 4) is 0 Å². The van der Waals surface area contributed by atoms with Crippen LogP contribution in [0, 0.1) is 0 Å². The van der Waals surface area contributed by atoms with Crippen LogP contribution in [0.5, 0.6) is 0 Å². The van der Waals surface area contributed by atoms with Crippen molar-refractivity contribution in [3.05, 3.63) is 48.2 Å². The molecule has 6 heteroatoms. The lowest BCUT2D eigenvalue weighted by Crippen LogP contribution is -2.36. The maximum Gasteiger partial charge on any atom is 0.320 e. The van der Waals surface area contributed by atoms with Crippen LogP contribution in [-0.4, -0.2) is 33.6 Å². The summed E-state index contributed by atoms with van der Waals surface area (Å²) < 4.78 is 1.78. The smallest absolute Gasteiger partial charge is 0.320 e. The van der Waals surface area contributed by atoms with E-state index in [1.54, 1.807) is 10.7 Å². The fourth-order valence-electron chi connectivity index (χ4n) is 2.13. The summed E-state index contributed by atoms with van der Waals surface area (Å²) in [6.07, 6.45) is 3.25. The van der Waals surface area contributed by atoms with Gasteiger partial charge in [-0.1, -0.05) is 30.3 Å². The van der Waals surface area contributed by atoms with Gasteiger partial charge in [-0.2, -0.15) is 5.10 Å². The average molecular weight is 302 g/mol. The van der Waals surface area contributed by atoms with Crippen LogP contribution in [0.2, 0.25) is 0 Å². The van der Waals surface area contributed by atoms with Crippen molar-refractivity contribution in [2.75, 3.05) is 11.9 Å². The molecule has 3 N–H and O–H groups in total. The van der Waals surface area contributed by atoms with Crippen LogP contribution < -0.4 is 10.6 Å². The zero-order chi connectivity index (χ0) is 15.8. The Morgan fingerprint density at radius 2 is 2.09 bits per heavy atom. The molecule has 0 aliphatic heterocycles. The minimum Gasteiger partial charge on any atom is -0.396 e. The summed E-state index contributed by atoms with van der Waals surface area (Å²) in [7, 11) is 0. The van der Waals surface area contributed by atoms with Crippen molar-refractivity contribution < 1.29 is 9.90 Å². The van der Waals surface area contributed by atoms with Crippen LogP contribution >= 0.6 is 0 Å². The molecule has 2 rings (SSSR count). The first-order chi connectivity index (χ1) is 10.7. The van der Waals surface area contributed by atoms with E-state index in [0.717, 1.165) is 12.0 Å². The number of benzene rings is 1. The highest BCUT2D eigenvalue weighted by Gasteiger charge is 2.08. The molecule has 1 heterocycles. The third kappa shape index (κ3) is 5.21. The van der Waals surface area contributed by atoms with Gasteiger partial charge in [0.25, 0.3) is 0 Å². The summed E-state index contributed by atoms with van der Waals surface area (Å²) in [6.45, 7) is 2.71. The SMILES string of the molecule is CC(CCCO)NC(=O)Nc1ccn(Cc2ccccc2)n1. The molecular weight excluding hydrogens is 280 g/mol. The molecule has 1 aromatic carbocycles. The molecule has 0 fully saturated rings. The molecule has 0 aliphatic rings. The van der Waals surface area contributed by atoms with E-state index in [9.17, 15) is 4.79 Å². The van der Waals surface area contributed by atoms with Crippen molar-refractivity contribution in [1.82, 2.24) is 15.1 Å². The standard InChI is InChI=1S/C16H22N4O2/c1-13(6-5-11-21)17-16(22)18-15-9-10-20(19-15)12-14-7-3-2-4-8-14/h2-4,7-10,13,21H,5-6,11-12H2,1H3,(H2,17,18,19,22). The third-order valence-electron chi connectivity index (χ3n) is 3.24. The fourth-order valence-corrected chi connectivity index (χ4v) is 2.13. The highest BCUT2D eigenvalue weighted by molar-refractivity contribution is 5.88. The number of carbonyl (C=O) groups is 1. The Bertz CT molecular complexity index is 583. The first-order valence-corrected chi connectivity index (χ1v) is 7.43. The summed E-state index contributed by atoms with van der Waals surface area (Å²) in [5.41, 5.74) is 1.15. The monoisotopic (exact) mass is 302 g/mol. The zero-order valence-electron chi connectivity index (χ0n) is 12.7. The Hall–Kier alpha value is -2.34. The predicted octanol–water partition coefficient (Wildman–Crippen LogP) is 2.21. The van der Waals surface area contributed by atoms with Gasteiger partial charge in [0, 0.05) is 24.9 Å². The number of amides is 2. The largest absolute Gasteiger partial charge is 0.396 e. The molecule has 2 aromatic rings. The molecule has 0 saturated heterocycles. The Morgan fingerprint density at radius 3 is 2.82 bits per heavy atom. The van der Waals surface area contributed by atoms with E-state index in [1.165, 1.54) is 0 Å². The molecule has 6 nitrogen and oxygen atoms in total. The van der Waals surface area contributed by atoms with Crippen LogP contribution in [0.4, 0.5) is 10.6 Å². The highest BCUT2D eigenvalue weighted by atomic mass is 16.3. The molecule has 1 aromatic heterocycles. The predicted molar refractivity (Wildman–Crippen MR) is 85.7 cm³/mol. The third-order valence-corrected chi connectivity index (χ3v) is 3.24. The summed E-state index contributed by atoms with van der Waals surface area (Å²) in [6, 6.07) is 11.5. The second kappa shape index (κ2) is 8.19. The summed E-state index contributed by atoms with van der Waals surface area (Å²) >= 11 is 0. The Kier molecular flexibility index (Phi) is 5.97. The lowest BCUT2D eigenvalue weighted by Gasteiger charge is -2.13. The number of nitrogens with one attached hydrogen (secondary N) is 2. The molecule has 0 radical (unpaired) electrons. The molecular formula is C16H22N4O2. The number of nitrogens with zero attached hydrogens (tertiary/aromatic N) is 2. The van der Waals surface area contributed by atoms with Crippen LogP contribution in [0.15, 0.2) is 42.6 Å². The Labute approximate surface area is 130 Å². The first-order valence-electron chi connectivity index (χ1n) is 7.43. The molecule has 1 unspecified atom stereocenters. The van der Waals surface area contributed by atoms with Crippen LogP contribution in [0.25, 0.3) is 0 Å². The van der Waals surface area contributed by atoms with E-state index in [0.29, 0.717) is 18.8 Å². The molecule has 0 aliphatic carbocycles. The van der Waals surface area contributed by atoms with Crippen LogP contribution in [0.3, 0.4) is 0 Å². The van der Waals surface area contributed by atoms with Crippen molar-refractivity contribution >= 4 is 11.8 Å². The lowest BCUT2D eigenvalue weighted by molar-refractivity contribution is 0.245. The van der Waals surface area contributed by atoms with Crippen molar-refractivity contribution in [3.63, 3.8) is 0 Å². The second-order valence-electron chi connectivity index (χ2n) is 5.25. The lowest BCUT2D eigenvalue weighted by atomic mass is 10.2. The normalized spacial score (nSPS) is 11.9. The minimum absolute atomic E-state index is 0.0126. The van der Waals surface area contributed by atoms with Gasteiger partial charge in [0.05, 0.1) is 6.54 Å². The van der Waals surface area contributed by atoms with Gasteiger partial charge in [-0.25, -0.2) is 4.79 Å². The molecule has 0 spiro atoms. The quantitative estimate of drug-likeness (QED) is 0.733. The second-order valence-corrected chi connectivity index (χ2v) is 5.25. The van der Waals surface area contributed by atoms with Crippen molar-refractivity contribution in [1.29, 1.82) is 0 Å². The number of hydrogen-bond acceptors (Lipinski definition) is 3. The van der Waals surface area contributed by atoms with Gasteiger partial charge < -0.3 is 10.4 Å². The van der Waals surface area contributed by atoms with Crippen molar-refractivity contribution in [2.45, 2.75) is 32.4 Å². The average Bonchev–Trinajstić information content (AvgIpc) is 2.93. The highest BCUT2D eigenvalue weighted by Crippen LogP contribution is 2.06. The topological polar surface area (TPSA) is 79.2 Å². The van der Waals surface area contributed by atoms with E-state index in [4.69, 9.17) is 5.11 Å². The van der Waals surface area contributed by atoms with E-state index < -0.39 is 0 Å². The minimum atomic E-state index is -0.282. The molecule has 0 saturated carbocycles. The summed E-state index contributed by atoms with van der Waals surface area (Å²) in [5, 5.41) is 18.6. The van der Waals surface area contributed by atoms with Gasteiger partial charge in [-0.15, -0.1) is 0 Å². The maximum atomic E-state index is 11.8. The first kappa shape index (κ1) is 16.0. The maximum absolute atomic E-state index is 11.8. The number of rotatable bonds is 7. The summed E-state index contributed by atoms with van der Waals surface area (Å²) in [4.78, 5) is 11.8. The van der Waals surface area contributed by atoms with Gasteiger partial charge in [0.15, 0.2) is 5.82 Å². The molecule has 2 amide bonds. The zero-order valence-corrected chi connectivity index (χ0v) is 12.7. The van der Waals surface area contributed by atoms with Gasteiger partial charge in [-0.3, -0.25) is 10.00 Å². The van der Waals surface area contributed by atoms with Gasteiger partial charge in [0.1, 0.15) is 0 Å². The van der Waals surface area contributed by atoms with E-state index >= 15 is 0 Å². The Balaban J connectivity index is 1.82. The summed E-state index contributed by atoms with van der Waals surface area (Å²) in [5.74, 6) is 0.516. The molecule has 1 atom stereocenters. The number of aromatic nitrogens is 2.